The molecule has 3 N–H and O–H groups in total. The number of benzene rings is 1. The molecule has 5 heteroatoms. The van der Waals surface area contributed by atoms with Crippen molar-refractivity contribution in [3.8, 4) is 0 Å². The lowest BCUT2D eigenvalue weighted by atomic mass is 9.96. The van der Waals surface area contributed by atoms with Gasteiger partial charge in [-0.05, 0) is 43.4 Å². The van der Waals surface area contributed by atoms with E-state index in [1.807, 2.05) is 6.07 Å². The molecule has 110 valence electrons. The number of nitrogens with zero attached hydrogens (tertiary/aromatic N) is 1. The van der Waals surface area contributed by atoms with E-state index in [4.69, 9.17) is 5.73 Å². The molecule has 20 heavy (non-hydrogen) atoms. The fourth-order valence-electron chi connectivity index (χ4n) is 2.62. The Hall–Kier alpha value is -1.78. The third kappa shape index (κ3) is 3.40. The molecule has 0 aliphatic carbocycles. The molecule has 1 aromatic rings. The molecule has 0 aromatic heterocycles. The zero-order chi connectivity index (χ0) is 14.7. The largest absolute Gasteiger partial charge is 0.397 e. The van der Waals surface area contributed by atoms with Crippen molar-refractivity contribution in [1.82, 2.24) is 5.32 Å². The summed E-state index contributed by atoms with van der Waals surface area (Å²) in [7, 11) is 0. The predicted octanol–water partition coefficient (Wildman–Crippen LogP) is 2.07. The number of hydrogen-bond acceptors (Lipinski definition) is 3. The van der Waals surface area contributed by atoms with Crippen LogP contribution >= 0.6 is 0 Å². The van der Waals surface area contributed by atoms with Crippen LogP contribution in [0.25, 0.3) is 0 Å². The second-order valence-electron chi connectivity index (χ2n) is 5.53. The summed E-state index contributed by atoms with van der Waals surface area (Å²) >= 11 is 0. The molecule has 1 aliphatic heterocycles. The van der Waals surface area contributed by atoms with Crippen LogP contribution < -0.4 is 16.0 Å². The molecule has 0 saturated carbocycles. The first-order valence-electron chi connectivity index (χ1n) is 7.02. The van der Waals surface area contributed by atoms with E-state index in [2.05, 4.69) is 10.2 Å². The Morgan fingerprint density at radius 3 is 2.70 bits per heavy atom. The van der Waals surface area contributed by atoms with Crippen LogP contribution in [0.2, 0.25) is 0 Å². The Labute approximate surface area is 119 Å². The number of rotatable bonds is 3. The number of amides is 1. The van der Waals surface area contributed by atoms with Gasteiger partial charge in [-0.15, -0.1) is 0 Å². The van der Waals surface area contributed by atoms with E-state index in [9.17, 15) is 9.18 Å². The van der Waals surface area contributed by atoms with E-state index in [0.29, 0.717) is 17.2 Å². The molecule has 0 spiro atoms. The molecule has 1 amide bonds. The highest BCUT2D eigenvalue weighted by atomic mass is 19.1. The maximum atomic E-state index is 13.4. The number of nitrogens with one attached hydrogen (secondary N) is 1. The summed E-state index contributed by atoms with van der Waals surface area (Å²) in [5.74, 6) is 0.274. The third-order valence-corrected chi connectivity index (χ3v) is 3.90. The fraction of sp³-hybridized carbons (Fsp3) is 0.533. The van der Waals surface area contributed by atoms with Crippen molar-refractivity contribution in [2.24, 2.45) is 5.92 Å². The molecule has 1 aliphatic rings. The summed E-state index contributed by atoms with van der Waals surface area (Å²) in [4.78, 5) is 13.1. The minimum atomic E-state index is -0.258. The van der Waals surface area contributed by atoms with Gasteiger partial charge in [-0.2, -0.15) is 0 Å². The van der Waals surface area contributed by atoms with Crippen molar-refractivity contribution < 1.29 is 9.18 Å². The van der Waals surface area contributed by atoms with Crippen LogP contribution in [-0.4, -0.2) is 25.5 Å². The second-order valence-corrected chi connectivity index (χ2v) is 5.53. The van der Waals surface area contributed by atoms with Crippen molar-refractivity contribution in [1.29, 1.82) is 0 Å². The molecule has 4 nitrogen and oxygen atoms in total. The van der Waals surface area contributed by atoms with Crippen LogP contribution in [0.5, 0.6) is 0 Å². The Morgan fingerprint density at radius 1 is 1.45 bits per heavy atom. The summed E-state index contributed by atoms with van der Waals surface area (Å²) in [6.07, 6.45) is 2.02. The average Bonchev–Trinajstić information content (AvgIpc) is 2.41. The number of aryl methyl sites for hydroxylation is 1. The Balaban J connectivity index is 1.97. The van der Waals surface area contributed by atoms with Gasteiger partial charge in [0.1, 0.15) is 5.82 Å². The van der Waals surface area contributed by atoms with Crippen LogP contribution in [0.4, 0.5) is 15.8 Å². The van der Waals surface area contributed by atoms with Gasteiger partial charge in [-0.3, -0.25) is 4.79 Å². The average molecular weight is 279 g/mol. The van der Waals surface area contributed by atoms with Crippen LogP contribution in [0, 0.1) is 18.7 Å². The second kappa shape index (κ2) is 6.11. The molecule has 2 rings (SSSR count). The number of halogens is 1. The van der Waals surface area contributed by atoms with Gasteiger partial charge in [-0.25, -0.2) is 4.39 Å². The summed E-state index contributed by atoms with van der Waals surface area (Å²) in [6, 6.07) is 3.22. The highest BCUT2D eigenvalue weighted by Gasteiger charge is 2.21. The summed E-state index contributed by atoms with van der Waals surface area (Å²) in [6.45, 7) is 5.80. The highest BCUT2D eigenvalue weighted by Crippen LogP contribution is 2.30. The van der Waals surface area contributed by atoms with Gasteiger partial charge in [0.15, 0.2) is 0 Å². The first-order chi connectivity index (χ1) is 9.47. The zero-order valence-corrected chi connectivity index (χ0v) is 12.1. The lowest BCUT2D eigenvalue weighted by Crippen LogP contribution is -2.38. The number of hydrogen-bond donors (Lipinski definition) is 2. The summed E-state index contributed by atoms with van der Waals surface area (Å²) < 4.78 is 13.4. The van der Waals surface area contributed by atoms with Crippen LogP contribution in [0.15, 0.2) is 12.1 Å². The monoisotopic (exact) mass is 279 g/mol. The van der Waals surface area contributed by atoms with Crippen molar-refractivity contribution in [2.45, 2.75) is 26.7 Å². The Bertz CT molecular complexity index is 496. The molecular formula is C15H22FN3O. The molecule has 0 radical (unpaired) electrons. The van der Waals surface area contributed by atoms with Gasteiger partial charge in [0.2, 0.25) is 5.91 Å². The molecular weight excluding hydrogens is 257 g/mol. The third-order valence-electron chi connectivity index (χ3n) is 3.90. The van der Waals surface area contributed by atoms with E-state index in [-0.39, 0.29) is 11.7 Å². The van der Waals surface area contributed by atoms with Crippen molar-refractivity contribution in [3.63, 3.8) is 0 Å². The van der Waals surface area contributed by atoms with E-state index >= 15 is 0 Å². The number of nitrogens with two attached hydrogens (primary N) is 1. The van der Waals surface area contributed by atoms with Crippen molar-refractivity contribution >= 4 is 17.3 Å². The quantitative estimate of drug-likeness (QED) is 0.833. The predicted molar refractivity (Wildman–Crippen MR) is 79.2 cm³/mol. The number of piperidine rings is 1. The SMILES string of the molecule is CC(=O)NCC1CCN(c2cc(C)c(F)cc2N)CC1. The first kappa shape index (κ1) is 14.6. The van der Waals surface area contributed by atoms with Gasteiger partial charge >= 0.3 is 0 Å². The number of anilines is 2. The van der Waals surface area contributed by atoms with Crippen LogP contribution in [-0.2, 0) is 4.79 Å². The van der Waals surface area contributed by atoms with E-state index in [0.717, 1.165) is 38.2 Å². The van der Waals surface area contributed by atoms with Gasteiger partial charge in [0.05, 0.1) is 11.4 Å². The smallest absolute Gasteiger partial charge is 0.216 e. The number of nitrogen functional groups attached to an aromatic ring is 1. The Morgan fingerprint density at radius 2 is 2.10 bits per heavy atom. The topological polar surface area (TPSA) is 58.4 Å². The van der Waals surface area contributed by atoms with Gasteiger partial charge in [0.25, 0.3) is 0 Å². The lowest BCUT2D eigenvalue weighted by Gasteiger charge is -2.34. The van der Waals surface area contributed by atoms with Crippen molar-refractivity contribution in [2.75, 3.05) is 30.3 Å². The van der Waals surface area contributed by atoms with Crippen LogP contribution in [0.1, 0.15) is 25.3 Å². The van der Waals surface area contributed by atoms with Crippen molar-refractivity contribution in [3.05, 3.63) is 23.5 Å². The highest BCUT2D eigenvalue weighted by molar-refractivity contribution is 5.72. The van der Waals surface area contributed by atoms with Gasteiger partial charge in [-0.1, -0.05) is 0 Å². The maximum Gasteiger partial charge on any atom is 0.216 e. The fourth-order valence-corrected chi connectivity index (χ4v) is 2.62. The molecule has 0 atom stereocenters. The summed E-state index contributed by atoms with van der Waals surface area (Å²) in [5, 5.41) is 2.87. The molecule has 1 saturated heterocycles. The minimum Gasteiger partial charge on any atom is -0.397 e. The minimum absolute atomic E-state index is 0.0193. The number of carbonyl (C=O) groups is 1. The Kier molecular flexibility index (Phi) is 4.47. The first-order valence-corrected chi connectivity index (χ1v) is 7.02. The van der Waals surface area contributed by atoms with Gasteiger partial charge in [0, 0.05) is 26.6 Å². The summed E-state index contributed by atoms with van der Waals surface area (Å²) in [5.41, 5.74) is 7.95. The zero-order valence-electron chi connectivity index (χ0n) is 12.1. The maximum absolute atomic E-state index is 13.4. The molecule has 1 heterocycles. The van der Waals surface area contributed by atoms with Gasteiger partial charge < -0.3 is 16.0 Å². The molecule has 1 aromatic carbocycles. The number of carbonyl (C=O) groups excluding carboxylic acids is 1. The molecule has 1 fully saturated rings. The lowest BCUT2D eigenvalue weighted by molar-refractivity contribution is -0.119. The molecule has 0 unspecified atom stereocenters. The van der Waals surface area contributed by atoms with E-state index in [1.165, 1.54) is 13.0 Å². The van der Waals surface area contributed by atoms with Crippen LogP contribution in [0.3, 0.4) is 0 Å². The van der Waals surface area contributed by atoms with E-state index in [1.54, 1.807) is 6.92 Å². The van der Waals surface area contributed by atoms with E-state index < -0.39 is 0 Å². The normalized spacial score (nSPS) is 16.2. The standard InChI is InChI=1S/C15H22FN3O/c1-10-7-15(14(17)8-13(10)16)19-5-3-12(4-6-19)9-18-11(2)20/h7-8,12H,3-6,9,17H2,1-2H3,(H,18,20). The molecule has 0 bridgehead atoms.